The number of hydrogen-bond donors (Lipinski definition) is 1. The van der Waals surface area contributed by atoms with Gasteiger partial charge in [-0.15, -0.1) is 0 Å². The van der Waals surface area contributed by atoms with E-state index in [-0.39, 0.29) is 5.91 Å². The monoisotopic (exact) mass is 249 g/mol. The number of thiophene rings is 1. The van der Waals surface area contributed by atoms with Gasteiger partial charge in [-0.3, -0.25) is 4.79 Å². The molecule has 0 saturated carbocycles. The fourth-order valence-corrected chi connectivity index (χ4v) is 2.36. The fourth-order valence-electron chi connectivity index (χ4n) is 1.69. The van der Waals surface area contributed by atoms with Gasteiger partial charge in [0.1, 0.15) is 11.5 Å². The second-order valence-corrected chi connectivity index (χ2v) is 4.80. The number of aryl methyl sites for hydroxylation is 2. The van der Waals surface area contributed by atoms with Crippen molar-refractivity contribution >= 4 is 17.2 Å². The van der Waals surface area contributed by atoms with Crippen molar-refractivity contribution in [2.75, 3.05) is 0 Å². The first-order valence-corrected chi connectivity index (χ1v) is 6.43. The van der Waals surface area contributed by atoms with Crippen molar-refractivity contribution < 1.29 is 9.21 Å². The summed E-state index contributed by atoms with van der Waals surface area (Å²) in [5, 5.41) is 6.87. The molecule has 2 aromatic rings. The lowest BCUT2D eigenvalue weighted by molar-refractivity contribution is -0.120. The van der Waals surface area contributed by atoms with E-state index in [0.29, 0.717) is 13.0 Å². The van der Waals surface area contributed by atoms with E-state index in [4.69, 9.17) is 4.42 Å². The molecule has 2 aromatic heterocycles. The van der Waals surface area contributed by atoms with Gasteiger partial charge < -0.3 is 9.73 Å². The largest absolute Gasteiger partial charge is 0.466 e. The van der Waals surface area contributed by atoms with Gasteiger partial charge in [0, 0.05) is 12.1 Å². The molecule has 90 valence electrons. The number of hydrogen-bond acceptors (Lipinski definition) is 3. The molecule has 0 aromatic carbocycles. The zero-order valence-corrected chi connectivity index (χ0v) is 10.8. The lowest BCUT2D eigenvalue weighted by Gasteiger charge is -2.03. The number of furan rings is 1. The highest BCUT2D eigenvalue weighted by molar-refractivity contribution is 7.07. The maximum absolute atomic E-state index is 11.7. The molecule has 3 nitrogen and oxygen atoms in total. The topological polar surface area (TPSA) is 42.2 Å². The summed E-state index contributed by atoms with van der Waals surface area (Å²) in [7, 11) is 0. The molecule has 0 aliphatic rings. The van der Waals surface area contributed by atoms with Crippen LogP contribution in [0.5, 0.6) is 0 Å². The zero-order valence-electron chi connectivity index (χ0n) is 9.95. The molecule has 0 atom stereocenters. The number of amides is 1. The molecule has 2 heterocycles. The second-order valence-electron chi connectivity index (χ2n) is 4.02. The van der Waals surface area contributed by atoms with E-state index in [1.54, 1.807) is 11.3 Å². The van der Waals surface area contributed by atoms with E-state index in [9.17, 15) is 4.79 Å². The first-order chi connectivity index (χ1) is 8.15. The van der Waals surface area contributed by atoms with Crippen LogP contribution < -0.4 is 5.32 Å². The van der Waals surface area contributed by atoms with Crippen LogP contribution >= 0.6 is 11.3 Å². The van der Waals surface area contributed by atoms with Gasteiger partial charge in [0.2, 0.25) is 5.91 Å². The fraction of sp³-hybridized carbons (Fsp3) is 0.308. The van der Waals surface area contributed by atoms with E-state index in [0.717, 1.165) is 22.6 Å². The Morgan fingerprint density at radius 3 is 2.88 bits per heavy atom. The van der Waals surface area contributed by atoms with Crippen molar-refractivity contribution in [1.29, 1.82) is 0 Å². The van der Waals surface area contributed by atoms with Gasteiger partial charge in [0.15, 0.2) is 0 Å². The third-order valence-electron chi connectivity index (χ3n) is 2.56. The first kappa shape index (κ1) is 11.9. The van der Waals surface area contributed by atoms with Gasteiger partial charge >= 0.3 is 0 Å². The number of carbonyl (C=O) groups excluding carboxylic acids is 1. The molecule has 0 fully saturated rings. The van der Waals surface area contributed by atoms with Crippen LogP contribution in [-0.2, 0) is 17.8 Å². The smallest absolute Gasteiger partial charge is 0.224 e. The minimum atomic E-state index is 0.0432. The molecule has 0 unspecified atom stereocenters. The standard InChI is InChI=1S/C13H15NO2S/c1-9-5-12(10(2)16-9)7-14-13(15)6-11-3-4-17-8-11/h3-5,8H,6-7H2,1-2H3,(H,14,15). The summed E-state index contributed by atoms with van der Waals surface area (Å²) in [6.45, 7) is 4.35. The van der Waals surface area contributed by atoms with Crippen LogP contribution in [0.3, 0.4) is 0 Å². The van der Waals surface area contributed by atoms with Gasteiger partial charge in [-0.05, 0) is 42.3 Å². The molecule has 2 rings (SSSR count). The van der Waals surface area contributed by atoms with Crippen LogP contribution in [0, 0.1) is 13.8 Å². The summed E-state index contributed by atoms with van der Waals surface area (Å²) >= 11 is 1.61. The number of carbonyl (C=O) groups is 1. The summed E-state index contributed by atoms with van der Waals surface area (Å²) in [5.41, 5.74) is 2.11. The Kier molecular flexibility index (Phi) is 3.64. The van der Waals surface area contributed by atoms with Crippen LogP contribution in [0.25, 0.3) is 0 Å². The quantitative estimate of drug-likeness (QED) is 0.905. The predicted octanol–water partition coefficient (Wildman–Crippen LogP) is 2.82. The van der Waals surface area contributed by atoms with Crippen LogP contribution in [0.1, 0.15) is 22.6 Å². The molecule has 17 heavy (non-hydrogen) atoms. The molecular weight excluding hydrogens is 234 g/mol. The summed E-state index contributed by atoms with van der Waals surface area (Å²) in [6.07, 6.45) is 0.444. The molecular formula is C13H15NO2S. The van der Waals surface area contributed by atoms with E-state index < -0.39 is 0 Å². The van der Waals surface area contributed by atoms with Crippen LogP contribution in [-0.4, -0.2) is 5.91 Å². The SMILES string of the molecule is Cc1cc(CNC(=O)Cc2ccsc2)c(C)o1. The van der Waals surface area contributed by atoms with Gasteiger partial charge in [0.05, 0.1) is 6.42 Å². The Balaban J connectivity index is 1.86. The normalized spacial score (nSPS) is 10.5. The highest BCUT2D eigenvalue weighted by Crippen LogP contribution is 2.13. The molecule has 0 aliphatic carbocycles. The van der Waals surface area contributed by atoms with E-state index in [1.807, 2.05) is 36.7 Å². The molecule has 0 bridgehead atoms. The van der Waals surface area contributed by atoms with Crippen molar-refractivity contribution in [3.05, 3.63) is 45.5 Å². The minimum Gasteiger partial charge on any atom is -0.466 e. The average Bonchev–Trinajstić information content (AvgIpc) is 2.86. The van der Waals surface area contributed by atoms with E-state index in [2.05, 4.69) is 5.32 Å². The van der Waals surface area contributed by atoms with Crippen molar-refractivity contribution in [2.45, 2.75) is 26.8 Å². The zero-order chi connectivity index (χ0) is 12.3. The third kappa shape index (κ3) is 3.20. The highest BCUT2D eigenvalue weighted by Gasteiger charge is 2.07. The number of nitrogens with one attached hydrogen (secondary N) is 1. The summed E-state index contributed by atoms with van der Waals surface area (Å²) < 4.78 is 5.40. The van der Waals surface area contributed by atoms with Crippen molar-refractivity contribution in [3.63, 3.8) is 0 Å². The maximum Gasteiger partial charge on any atom is 0.224 e. The summed E-state index contributed by atoms with van der Waals surface area (Å²) in [5.74, 6) is 1.80. The van der Waals surface area contributed by atoms with Gasteiger partial charge in [-0.1, -0.05) is 0 Å². The molecule has 1 amide bonds. The Hall–Kier alpha value is -1.55. The third-order valence-corrected chi connectivity index (χ3v) is 3.30. The van der Waals surface area contributed by atoms with Crippen molar-refractivity contribution in [2.24, 2.45) is 0 Å². The number of rotatable bonds is 4. The minimum absolute atomic E-state index is 0.0432. The molecule has 0 aliphatic heterocycles. The molecule has 0 spiro atoms. The second kappa shape index (κ2) is 5.19. The van der Waals surface area contributed by atoms with E-state index in [1.165, 1.54) is 0 Å². The average molecular weight is 249 g/mol. The Bertz CT molecular complexity index is 499. The summed E-state index contributed by atoms with van der Waals surface area (Å²) in [4.78, 5) is 11.7. The van der Waals surface area contributed by atoms with Crippen molar-refractivity contribution in [1.82, 2.24) is 5.32 Å². The lowest BCUT2D eigenvalue weighted by atomic mass is 10.2. The Labute approximate surface area is 104 Å². The molecule has 1 N–H and O–H groups in total. The van der Waals surface area contributed by atoms with Crippen LogP contribution in [0.4, 0.5) is 0 Å². The van der Waals surface area contributed by atoms with Gasteiger partial charge in [-0.2, -0.15) is 11.3 Å². The lowest BCUT2D eigenvalue weighted by Crippen LogP contribution is -2.24. The molecule has 4 heteroatoms. The molecule has 0 saturated heterocycles. The highest BCUT2D eigenvalue weighted by atomic mass is 32.1. The van der Waals surface area contributed by atoms with Crippen LogP contribution in [0.2, 0.25) is 0 Å². The van der Waals surface area contributed by atoms with Crippen LogP contribution in [0.15, 0.2) is 27.3 Å². The maximum atomic E-state index is 11.7. The van der Waals surface area contributed by atoms with E-state index >= 15 is 0 Å². The first-order valence-electron chi connectivity index (χ1n) is 5.49. The van der Waals surface area contributed by atoms with Gasteiger partial charge in [-0.25, -0.2) is 0 Å². The predicted molar refractivity (Wildman–Crippen MR) is 68.1 cm³/mol. The summed E-state index contributed by atoms with van der Waals surface area (Å²) in [6, 6.07) is 3.93. The molecule has 0 radical (unpaired) electrons. The Morgan fingerprint density at radius 1 is 1.47 bits per heavy atom. The Morgan fingerprint density at radius 2 is 2.29 bits per heavy atom. The van der Waals surface area contributed by atoms with Gasteiger partial charge in [0.25, 0.3) is 0 Å². The van der Waals surface area contributed by atoms with Crippen molar-refractivity contribution in [3.8, 4) is 0 Å².